The van der Waals surface area contributed by atoms with Crippen LogP contribution in [0.25, 0.3) is 0 Å². The van der Waals surface area contributed by atoms with Crippen molar-refractivity contribution in [1.82, 2.24) is 0 Å². The van der Waals surface area contributed by atoms with Crippen LogP contribution in [0.5, 0.6) is 0 Å². The van der Waals surface area contributed by atoms with Crippen LogP contribution in [0.4, 0.5) is 0 Å². The first-order valence-electron chi connectivity index (χ1n) is 12.7. The molecule has 0 bridgehead atoms. The zero-order valence-corrected chi connectivity index (χ0v) is 24.1. The number of esters is 7. The first-order chi connectivity index (χ1) is 19.6. The normalized spacial score (nSPS) is 30.6. The van der Waals surface area contributed by atoms with Gasteiger partial charge in [0.15, 0.2) is 36.8 Å². The molecular formula is C25H34O17. The van der Waals surface area contributed by atoms with E-state index in [2.05, 4.69) is 0 Å². The largest absolute Gasteiger partial charge is 0.456 e. The molecule has 2 aliphatic rings. The van der Waals surface area contributed by atoms with Crippen molar-refractivity contribution in [2.24, 2.45) is 0 Å². The van der Waals surface area contributed by atoms with Crippen molar-refractivity contribution in [3.8, 4) is 0 Å². The Kier molecular flexibility index (Phi) is 12.6. The van der Waals surface area contributed by atoms with Gasteiger partial charge in [-0.25, -0.2) is 0 Å². The summed E-state index contributed by atoms with van der Waals surface area (Å²) in [5.74, 6) is -5.74. The predicted octanol–water partition coefficient (Wildman–Crippen LogP) is -0.762. The third-order valence-electron chi connectivity index (χ3n) is 5.51. The van der Waals surface area contributed by atoms with Gasteiger partial charge in [0.05, 0.1) is 13.2 Å². The summed E-state index contributed by atoms with van der Waals surface area (Å²) in [6, 6.07) is 0. The quantitative estimate of drug-likeness (QED) is 0.221. The fraction of sp³-hybridized carbons (Fsp3) is 0.720. The fourth-order valence-corrected chi connectivity index (χ4v) is 4.29. The topological polar surface area (TPSA) is 212 Å². The molecule has 2 rings (SSSR count). The summed E-state index contributed by atoms with van der Waals surface area (Å²) in [6.07, 6.45) is -13.0. The summed E-state index contributed by atoms with van der Waals surface area (Å²) in [7, 11) is 0. The van der Waals surface area contributed by atoms with Gasteiger partial charge in [0.2, 0.25) is 12.4 Å². The Morgan fingerprint density at radius 2 is 0.905 bits per heavy atom. The van der Waals surface area contributed by atoms with Crippen LogP contribution in [0.2, 0.25) is 0 Å². The molecule has 0 unspecified atom stereocenters. The van der Waals surface area contributed by atoms with Gasteiger partial charge in [0.1, 0.15) is 6.10 Å². The summed E-state index contributed by atoms with van der Waals surface area (Å²) in [6.45, 7) is 6.56. The lowest BCUT2D eigenvalue weighted by atomic mass is 9.98. The molecule has 17 heteroatoms. The molecule has 0 N–H and O–H groups in total. The molecule has 2 heterocycles. The second-order valence-corrected chi connectivity index (χ2v) is 9.21. The van der Waals surface area contributed by atoms with E-state index >= 15 is 0 Å². The average Bonchev–Trinajstić information content (AvgIpc) is 2.82. The van der Waals surface area contributed by atoms with Crippen molar-refractivity contribution in [2.45, 2.75) is 104 Å². The molecule has 0 aromatic heterocycles. The molecule has 2 aliphatic heterocycles. The first kappa shape index (κ1) is 34.4. The van der Waals surface area contributed by atoms with E-state index in [0.29, 0.717) is 0 Å². The highest BCUT2D eigenvalue weighted by atomic mass is 16.8. The van der Waals surface area contributed by atoms with Crippen molar-refractivity contribution >= 4 is 41.8 Å². The summed E-state index contributed by atoms with van der Waals surface area (Å²) in [5.41, 5.74) is 0. The van der Waals surface area contributed by atoms with Crippen LogP contribution in [-0.2, 0) is 80.9 Å². The summed E-state index contributed by atoms with van der Waals surface area (Å²) in [5, 5.41) is 0. The smallest absolute Gasteiger partial charge is 0.305 e. The zero-order valence-electron chi connectivity index (χ0n) is 24.1. The highest BCUT2D eigenvalue weighted by Gasteiger charge is 2.54. The standard InChI is InChI=1S/C25H34O17/c1-10(26)35-17-8-33-24(22(39-14(5)30)20(17)37-12(3)28)34-9-18-19(36-11(2)27)21(38-13(4)29)23(40-15(6)31)25(42-18)41-16(7)32/h17-25H,8-9H2,1-7H3/t17-,18-,19-,20+,21+,22-,23-,24-,25-/m1/s1. The minimum absolute atomic E-state index is 0.348. The summed E-state index contributed by atoms with van der Waals surface area (Å²) in [4.78, 5) is 82.9. The molecule has 0 amide bonds. The monoisotopic (exact) mass is 606 g/mol. The maximum Gasteiger partial charge on any atom is 0.305 e. The van der Waals surface area contributed by atoms with E-state index in [4.69, 9.17) is 47.4 Å². The number of carbonyl (C=O) groups excluding carboxylic acids is 7. The van der Waals surface area contributed by atoms with Crippen LogP contribution in [0.1, 0.15) is 48.5 Å². The minimum atomic E-state index is -1.64. The van der Waals surface area contributed by atoms with Gasteiger partial charge in [0, 0.05) is 48.5 Å². The fourth-order valence-electron chi connectivity index (χ4n) is 4.29. The molecule has 42 heavy (non-hydrogen) atoms. The van der Waals surface area contributed by atoms with Crippen LogP contribution < -0.4 is 0 Å². The molecule has 2 fully saturated rings. The van der Waals surface area contributed by atoms with Gasteiger partial charge in [-0.1, -0.05) is 0 Å². The van der Waals surface area contributed by atoms with Gasteiger partial charge in [-0.3, -0.25) is 33.6 Å². The minimum Gasteiger partial charge on any atom is -0.456 e. The molecule has 0 aromatic rings. The molecule has 0 spiro atoms. The number of hydrogen-bond acceptors (Lipinski definition) is 17. The molecule has 0 saturated carbocycles. The maximum absolute atomic E-state index is 12.0. The van der Waals surface area contributed by atoms with Crippen LogP contribution in [0, 0.1) is 0 Å². The highest BCUT2D eigenvalue weighted by molar-refractivity contribution is 5.70. The molecule has 0 aromatic carbocycles. The summed E-state index contributed by atoms with van der Waals surface area (Å²) < 4.78 is 53.9. The van der Waals surface area contributed by atoms with Gasteiger partial charge < -0.3 is 47.4 Å². The Bertz CT molecular complexity index is 1040. The van der Waals surface area contributed by atoms with Crippen LogP contribution in [0.15, 0.2) is 0 Å². The Morgan fingerprint density at radius 3 is 1.38 bits per heavy atom. The molecule has 236 valence electrons. The van der Waals surface area contributed by atoms with E-state index in [0.717, 1.165) is 48.5 Å². The van der Waals surface area contributed by atoms with Crippen molar-refractivity contribution in [1.29, 1.82) is 0 Å². The number of ether oxygens (including phenoxy) is 10. The Labute approximate surface area is 240 Å². The molecule has 0 radical (unpaired) electrons. The predicted molar refractivity (Wildman–Crippen MR) is 129 cm³/mol. The Hall–Kier alpha value is -3.83. The number of carbonyl (C=O) groups is 7. The molecular weight excluding hydrogens is 572 g/mol. The van der Waals surface area contributed by atoms with E-state index in [1.807, 2.05) is 0 Å². The van der Waals surface area contributed by atoms with E-state index in [1.165, 1.54) is 0 Å². The molecule has 0 aliphatic carbocycles. The zero-order chi connectivity index (χ0) is 31.7. The highest BCUT2D eigenvalue weighted by Crippen LogP contribution is 2.31. The average molecular weight is 607 g/mol. The second kappa shape index (κ2) is 15.4. The van der Waals surface area contributed by atoms with Gasteiger partial charge in [-0.05, 0) is 0 Å². The maximum atomic E-state index is 12.0. The third-order valence-corrected chi connectivity index (χ3v) is 5.51. The van der Waals surface area contributed by atoms with Crippen LogP contribution in [-0.4, -0.2) is 110 Å². The lowest BCUT2D eigenvalue weighted by Gasteiger charge is -2.44. The Morgan fingerprint density at radius 1 is 0.500 bits per heavy atom. The van der Waals surface area contributed by atoms with Gasteiger partial charge in [-0.2, -0.15) is 0 Å². The van der Waals surface area contributed by atoms with E-state index < -0.39 is 104 Å². The third kappa shape index (κ3) is 10.2. The van der Waals surface area contributed by atoms with E-state index in [-0.39, 0.29) is 6.61 Å². The molecule has 2 saturated heterocycles. The lowest BCUT2D eigenvalue weighted by Crippen LogP contribution is -2.64. The Balaban J connectivity index is 2.42. The van der Waals surface area contributed by atoms with E-state index in [1.54, 1.807) is 0 Å². The van der Waals surface area contributed by atoms with E-state index in [9.17, 15) is 33.6 Å². The van der Waals surface area contributed by atoms with Crippen LogP contribution in [0.3, 0.4) is 0 Å². The SMILES string of the molecule is CC(=O)O[C@@H]1O[C@H](CO[C@H]2OC[C@@H](OC(C)=O)[C@H](OC(C)=O)[C@H]2OC(C)=O)[C@@H](OC(C)=O)[C@H](OC(C)=O)[C@H]1OC(C)=O. The van der Waals surface area contributed by atoms with Crippen molar-refractivity contribution in [3.63, 3.8) is 0 Å². The lowest BCUT2D eigenvalue weighted by molar-refractivity contribution is -0.319. The van der Waals surface area contributed by atoms with Crippen molar-refractivity contribution in [2.75, 3.05) is 13.2 Å². The molecule has 9 atom stereocenters. The number of rotatable bonds is 10. The van der Waals surface area contributed by atoms with Crippen LogP contribution >= 0.6 is 0 Å². The van der Waals surface area contributed by atoms with Crippen molar-refractivity contribution in [3.05, 3.63) is 0 Å². The second-order valence-electron chi connectivity index (χ2n) is 9.21. The number of hydrogen-bond donors (Lipinski definition) is 0. The summed E-state index contributed by atoms with van der Waals surface area (Å²) >= 11 is 0. The van der Waals surface area contributed by atoms with Gasteiger partial charge in [-0.15, -0.1) is 0 Å². The van der Waals surface area contributed by atoms with Gasteiger partial charge >= 0.3 is 41.8 Å². The first-order valence-corrected chi connectivity index (χ1v) is 12.7. The van der Waals surface area contributed by atoms with Crippen molar-refractivity contribution < 1.29 is 80.9 Å². The van der Waals surface area contributed by atoms with Gasteiger partial charge in [0.25, 0.3) is 0 Å². The molecule has 17 nitrogen and oxygen atoms in total.